The second-order valence-electron chi connectivity index (χ2n) is 10.2. The maximum Gasteiger partial charge on any atom is 0.413 e. The van der Waals surface area contributed by atoms with Crippen molar-refractivity contribution in [2.75, 3.05) is 19.0 Å². The van der Waals surface area contributed by atoms with Gasteiger partial charge in [-0.1, -0.05) is 0 Å². The number of carbonyl (C=O) groups excluding carboxylic acids is 2. The van der Waals surface area contributed by atoms with Gasteiger partial charge in [0.15, 0.2) is 0 Å². The molecule has 2 amide bonds. The first-order valence-corrected chi connectivity index (χ1v) is 12.2. The van der Waals surface area contributed by atoms with Gasteiger partial charge in [-0.3, -0.25) is 10.1 Å². The standard InChI is InChI=1S/C27H29F2N5O5/c1-14(11-37-5)34(10-16-19(28)6-15(9-30)7-20(16)29)25(35)22-8-21-23(31-22)17-12-38-13-18(17)24(32-21)33-26(36)39-27(2,3)4/h6-8,14,31H,10-13H2,1-5H3,(H,32,33,36)/t14-/m1/s1. The molecule has 2 aromatic heterocycles. The molecule has 0 aliphatic carbocycles. The SMILES string of the molecule is COC[C@@H](C)N(Cc1c(F)cc(C#N)cc1F)C(=O)c1cc2nc(NC(=O)OC(C)(C)C)c3c(c2[nH]1)COC3. The number of H-pyrrole nitrogens is 1. The molecule has 0 fully saturated rings. The predicted molar refractivity (Wildman–Crippen MR) is 137 cm³/mol. The van der Waals surface area contributed by atoms with Crippen molar-refractivity contribution in [3.8, 4) is 6.07 Å². The highest BCUT2D eigenvalue weighted by Gasteiger charge is 2.29. The van der Waals surface area contributed by atoms with E-state index in [1.807, 2.05) is 0 Å². The third-order valence-corrected chi connectivity index (χ3v) is 6.12. The molecule has 0 radical (unpaired) electrons. The molecule has 1 aromatic carbocycles. The number of rotatable bonds is 7. The molecule has 3 aromatic rings. The summed E-state index contributed by atoms with van der Waals surface area (Å²) in [5.74, 6) is -2.15. The van der Waals surface area contributed by atoms with Crippen molar-refractivity contribution >= 4 is 28.9 Å². The highest BCUT2D eigenvalue weighted by molar-refractivity contribution is 5.99. The number of anilines is 1. The normalized spacial score (nSPS) is 13.6. The average Bonchev–Trinajstić information content (AvgIpc) is 3.49. The van der Waals surface area contributed by atoms with Crippen LogP contribution in [0.2, 0.25) is 0 Å². The number of carbonyl (C=O) groups is 2. The molecule has 1 aliphatic rings. The summed E-state index contributed by atoms with van der Waals surface area (Å²) in [7, 11) is 1.46. The zero-order valence-electron chi connectivity index (χ0n) is 22.3. The molecule has 2 N–H and O–H groups in total. The van der Waals surface area contributed by atoms with Crippen LogP contribution >= 0.6 is 0 Å². The highest BCUT2D eigenvalue weighted by Crippen LogP contribution is 2.33. The lowest BCUT2D eigenvalue weighted by molar-refractivity contribution is 0.0531. The van der Waals surface area contributed by atoms with Gasteiger partial charge in [0.2, 0.25) is 0 Å². The molecule has 3 heterocycles. The summed E-state index contributed by atoms with van der Waals surface area (Å²) < 4.78 is 45.5. The van der Waals surface area contributed by atoms with E-state index < -0.39 is 41.8 Å². The van der Waals surface area contributed by atoms with Gasteiger partial charge in [0, 0.05) is 23.8 Å². The van der Waals surface area contributed by atoms with Gasteiger partial charge < -0.3 is 24.1 Å². The van der Waals surface area contributed by atoms with Crippen molar-refractivity contribution in [2.24, 2.45) is 0 Å². The van der Waals surface area contributed by atoms with Gasteiger partial charge in [-0.05, 0) is 45.9 Å². The fraction of sp³-hybridized carbons (Fsp3) is 0.407. The van der Waals surface area contributed by atoms with Crippen LogP contribution in [0.3, 0.4) is 0 Å². The first-order valence-electron chi connectivity index (χ1n) is 12.2. The molecule has 206 valence electrons. The van der Waals surface area contributed by atoms with E-state index in [0.717, 1.165) is 17.7 Å². The smallest absolute Gasteiger partial charge is 0.413 e. The van der Waals surface area contributed by atoms with Gasteiger partial charge in [-0.15, -0.1) is 0 Å². The quantitative estimate of drug-likeness (QED) is 0.441. The third-order valence-electron chi connectivity index (χ3n) is 6.12. The molecular weight excluding hydrogens is 512 g/mol. The largest absolute Gasteiger partial charge is 0.444 e. The first-order chi connectivity index (χ1) is 18.4. The number of hydrogen-bond acceptors (Lipinski definition) is 7. The van der Waals surface area contributed by atoms with Crippen molar-refractivity contribution in [3.05, 3.63) is 57.8 Å². The van der Waals surface area contributed by atoms with E-state index in [0.29, 0.717) is 16.6 Å². The van der Waals surface area contributed by atoms with Gasteiger partial charge in [-0.25, -0.2) is 18.6 Å². The number of pyridine rings is 1. The van der Waals surface area contributed by atoms with Crippen LogP contribution in [0.4, 0.5) is 19.4 Å². The number of ether oxygens (including phenoxy) is 3. The summed E-state index contributed by atoms with van der Waals surface area (Å²) >= 11 is 0. The number of aromatic amines is 1. The number of nitriles is 1. The number of methoxy groups -OCH3 is 1. The molecule has 39 heavy (non-hydrogen) atoms. The predicted octanol–water partition coefficient (Wildman–Crippen LogP) is 4.77. The molecule has 10 nitrogen and oxygen atoms in total. The van der Waals surface area contributed by atoms with Crippen LogP contribution in [-0.4, -0.2) is 52.2 Å². The Morgan fingerprint density at radius 3 is 2.51 bits per heavy atom. The fourth-order valence-corrected chi connectivity index (χ4v) is 4.34. The fourth-order valence-electron chi connectivity index (χ4n) is 4.34. The average molecular weight is 542 g/mol. The van der Waals surface area contributed by atoms with Crippen LogP contribution in [0, 0.1) is 23.0 Å². The Morgan fingerprint density at radius 1 is 1.23 bits per heavy atom. The van der Waals surface area contributed by atoms with Crippen molar-refractivity contribution in [1.29, 1.82) is 5.26 Å². The first kappa shape index (κ1) is 27.9. The Labute approximate surface area is 223 Å². The molecular formula is C27H29F2N5O5. The molecule has 0 bridgehead atoms. The molecule has 4 rings (SSSR count). The van der Waals surface area contributed by atoms with Crippen LogP contribution in [0.1, 0.15) is 60.4 Å². The number of nitrogens with zero attached hydrogens (tertiary/aromatic N) is 3. The van der Waals surface area contributed by atoms with Gasteiger partial charge in [0.05, 0.1) is 55.1 Å². The van der Waals surface area contributed by atoms with E-state index in [-0.39, 0.29) is 42.5 Å². The number of hydrogen-bond donors (Lipinski definition) is 2. The zero-order valence-corrected chi connectivity index (χ0v) is 22.3. The summed E-state index contributed by atoms with van der Waals surface area (Å²) in [6, 6.07) is 4.51. The summed E-state index contributed by atoms with van der Waals surface area (Å²) in [6.07, 6.45) is -0.679. The summed E-state index contributed by atoms with van der Waals surface area (Å²) in [4.78, 5) is 35.0. The number of benzene rings is 1. The molecule has 0 saturated carbocycles. The van der Waals surface area contributed by atoms with E-state index in [4.69, 9.17) is 19.5 Å². The van der Waals surface area contributed by atoms with Crippen LogP contribution in [0.15, 0.2) is 18.2 Å². The van der Waals surface area contributed by atoms with E-state index >= 15 is 0 Å². The number of aromatic nitrogens is 2. The Balaban J connectivity index is 1.70. The minimum atomic E-state index is -0.930. The van der Waals surface area contributed by atoms with E-state index in [1.54, 1.807) is 33.8 Å². The Bertz CT molecular complexity index is 1450. The monoisotopic (exact) mass is 541 g/mol. The van der Waals surface area contributed by atoms with Gasteiger partial charge in [0.25, 0.3) is 5.91 Å². The second-order valence-corrected chi connectivity index (χ2v) is 10.2. The van der Waals surface area contributed by atoms with Crippen molar-refractivity contribution in [2.45, 2.75) is 59.1 Å². The van der Waals surface area contributed by atoms with Crippen molar-refractivity contribution in [3.63, 3.8) is 0 Å². The topological polar surface area (TPSA) is 130 Å². The number of fused-ring (bicyclic) bond motifs is 3. The van der Waals surface area contributed by atoms with E-state index in [9.17, 15) is 18.4 Å². The van der Waals surface area contributed by atoms with Crippen LogP contribution in [0.5, 0.6) is 0 Å². The Kier molecular flexibility index (Phi) is 7.85. The van der Waals surface area contributed by atoms with Crippen LogP contribution < -0.4 is 5.32 Å². The molecule has 1 aliphatic heterocycles. The van der Waals surface area contributed by atoms with Gasteiger partial charge in [-0.2, -0.15) is 5.26 Å². The van der Waals surface area contributed by atoms with Crippen LogP contribution in [0.25, 0.3) is 11.0 Å². The summed E-state index contributed by atoms with van der Waals surface area (Å²) in [5, 5.41) is 11.7. The zero-order chi connectivity index (χ0) is 28.5. The van der Waals surface area contributed by atoms with E-state index in [2.05, 4.69) is 15.3 Å². The van der Waals surface area contributed by atoms with Crippen molar-refractivity contribution in [1.82, 2.24) is 14.9 Å². The van der Waals surface area contributed by atoms with Gasteiger partial charge >= 0.3 is 6.09 Å². The van der Waals surface area contributed by atoms with E-state index in [1.165, 1.54) is 18.1 Å². The Morgan fingerprint density at radius 2 is 1.90 bits per heavy atom. The highest BCUT2D eigenvalue weighted by atomic mass is 19.1. The number of halogens is 2. The lowest BCUT2D eigenvalue weighted by Crippen LogP contribution is -2.41. The summed E-state index contributed by atoms with van der Waals surface area (Å²) in [5.41, 5.74) is 1.23. The summed E-state index contributed by atoms with van der Waals surface area (Å²) in [6.45, 7) is 7.07. The maximum absolute atomic E-state index is 14.7. The number of nitrogens with one attached hydrogen (secondary N) is 2. The molecule has 0 unspecified atom stereocenters. The lowest BCUT2D eigenvalue weighted by Gasteiger charge is -2.29. The third kappa shape index (κ3) is 6.00. The maximum atomic E-state index is 14.7. The lowest BCUT2D eigenvalue weighted by atomic mass is 10.1. The van der Waals surface area contributed by atoms with Gasteiger partial charge in [0.1, 0.15) is 28.7 Å². The van der Waals surface area contributed by atoms with Crippen molar-refractivity contribution < 1.29 is 32.6 Å². The minimum Gasteiger partial charge on any atom is -0.444 e. The molecule has 12 heteroatoms. The second kappa shape index (κ2) is 11.0. The number of amides is 2. The Hall–Kier alpha value is -4.08. The molecule has 0 spiro atoms. The molecule has 0 saturated heterocycles. The minimum absolute atomic E-state index is 0.108. The molecule has 1 atom stereocenters. The van der Waals surface area contributed by atoms with Crippen LogP contribution in [-0.2, 0) is 34.0 Å².